The molecule has 170 valence electrons. The fourth-order valence-electron chi connectivity index (χ4n) is 4.14. The van der Waals surface area contributed by atoms with Gasteiger partial charge in [-0.25, -0.2) is 9.67 Å². The second kappa shape index (κ2) is 8.39. The number of anilines is 2. The van der Waals surface area contributed by atoms with E-state index in [-0.39, 0.29) is 5.78 Å². The number of fused-ring (bicyclic) bond motifs is 1. The number of nitrogens with zero attached hydrogens (tertiary/aromatic N) is 5. The minimum Gasteiger partial charge on any atom is -0.389 e. The number of H-pyrrole nitrogens is 1. The lowest BCUT2D eigenvalue weighted by atomic mass is 10.1. The fraction of sp³-hybridized carbons (Fsp3) is 0.304. The highest BCUT2D eigenvalue weighted by molar-refractivity contribution is 6.07. The van der Waals surface area contributed by atoms with Gasteiger partial charge in [-0.05, 0) is 32.0 Å². The van der Waals surface area contributed by atoms with Crippen molar-refractivity contribution in [3.63, 3.8) is 0 Å². The summed E-state index contributed by atoms with van der Waals surface area (Å²) in [5, 5.41) is 28.2. The molecule has 3 aromatic heterocycles. The molecule has 0 spiro atoms. The van der Waals surface area contributed by atoms with Crippen LogP contribution in [-0.2, 0) is 6.54 Å². The Morgan fingerprint density at radius 1 is 1.24 bits per heavy atom. The van der Waals surface area contributed by atoms with Crippen molar-refractivity contribution in [2.75, 3.05) is 18.4 Å². The van der Waals surface area contributed by atoms with Crippen LogP contribution in [0, 0.1) is 6.92 Å². The number of nitrogens with one attached hydrogen (secondary N) is 2. The minimum absolute atomic E-state index is 0.000507. The number of β-amino-alcohol motifs (C(OH)–C–C–N with tert-alkyl or cyclic N) is 2. The highest BCUT2D eigenvalue weighted by atomic mass is 16.3. The van der Waals surface area contributed by atoms with Crippen LogP contribution in [0.25, 0.3) is 16.7 Å². The number of Topliss-reactive ketones (excluding diaryl/α,β-unsaturated/α-hetero) is 1. The van der Waals surface area contributed by atoms with Crippen molar-refractivity contribution in [3.05, 3.63) is 59.7 Å². The van der Waals surface area contributed by atoms with E-state index in [1.807, 2.05) is 36.2 Å². The highest BCUT2D eigenvalue weighted by Gasteiger charge is 2.29. The number of aliphatic hydroxyl groups is 2. The molecular formula is C23H25N7O3. The molecule has 0 saturated carbocycles. The van der Waals surface area contributed by atoms with E-state index in [4.69, 9.17) is 0 Å². The summed E-state index contributed by atoms with van der Waals surface area (Å²) in [5.74, 6) is 1.02. The zero-order chi connectivity index (χ0) is 23.1. The van der Waals surface area contributed by atoms with Gasteiger partial charge in [-0.2, -0.15) is 10.1 Å². The topological polar surface area (TPSA) is 132 Å². The summed E-state index contributed by atoms with van der Waals surface area (Å²) in [6.07, 6.45) is 3.85. The normalized spacial score (nSPS) is 18.8. The van der Waals surface area contributed by atoms with Gasteiger partial charge in [0.05, 0.1) is 17.9 Å². The number of hydrogen-bond acceptors (Lipinski definition) is 8. The van der Waals surface area contributed by atoms with Gasteiger partial charge < -0.3 is 20.5 Å². The zero-order valence-electron chi connectivity index (χ0n) is 18.4. The molecule has 2 atom stereocenters. The lowest BCUT2D eigenvalue weighted by molar-refractivity contribution is 0.0572. The predicted molar refractivity (Wildman–Crippen MR) is 123 cm³/mol. The maximum Gasteiger partial charge on any atom is 0.229 e. The number of aromatic amines is 1. The molecule has 10 heteroatoms. The largest absolute Gasteiger partial charge is 0.389 e. The summed E-state index contributed by atoms with van der Waals surface area (Å²) in [5.41, 5.74) is 4.15. The number of hydrogen-bond donors (Lipinski definition) is 4. The number of benzene rings is 1. The van der Waals surface area contributed by atoms with Gasteiger partial charge in [-0.1, -0.05) is 0 Å². The number of ketones is 1. The second-order valence-corrected chi connectivity index (χ2v) is 8.40. The van der Waals surface area contributed by atoms with Crippen LogP contribution in [0.1, 0.15) is 28.5 Å². The van der Waals surface area contributed by atoms with Crippen molar-refractivity contribution in [3.8, 4) is 5.82 Å². The van der Waals surface area contributed by atoms with E-state index in [0.29, 0.717) is 37.0 Å². The molecule has 1 aliphatic rings. The zero-order valence-corrected chi connectivity index (χ0v) is 18.4. The van der Waals surface area contributed by atoms with Crippen molar-refractivity contribution in [2.24, 2.45) is 0 Å². The van der Waals surface area contributed by atoms with Crippen LogP contribution in [0.5, 0.6) is 0 Å². The Hall–Kier alpha value is -3.60. The van der Waals surface area contributed by atoms with Crippen LogP contribution in [0.2, 0.25) is 0 Å². The van der Waals surface area contributed by atoms with E-state index < -0.39 is 12.2 Å². The third kappa shape index (κ3) is 4.23. The van der Waals surface area contributed by atoms with Crippen molar-refractivity contribution >= 4 is 28.3 Å². The predicted octanol–water partition coefficient (Wildman–Crippen LogP) is 1.94. The molecule has 0 amide bonds. The Morgan fingerprint density at radius 2 is 2.03 bits per heavy atom. The molecule has 1 aliphatic heterocycles. The standard InChI is InChI=1S/C23H25N7O3/c1-13-15(9-29-11-20(32)21(33)12-29)10-30(28-13)22-5-6-24-23(27-22)26-16-3-4-19-17(7-16)18(8-25-19)14(2)31/h3-8,10,20-21,25,32-33H,9,11-12H2,1-2H3,(H,24,26,27)/t20-,21-/m0/s1. The summed E-state index contributed by atoms with van der Waals surface area (Å²) in [4.78, 5) is 25.9. The lowest BCUT2D eigenvalue weighted by Gasteiger charge is -2.13. The molecule has 1 aromatic carbocycles. The maximum absolute atomic E-state index is 11.9. The second-order valence-electron chi connectivity index (χ2n) is 8.40. The first kappa shape index (κ1) is 21.3. The molecule has 1 fully saturated rings. The molecule has 33 heavy (non-hydrogen) atoms. The van der Waals surface area contributed by atoms with E-state index in [9.17, 15) is 15.0 Å². The van der Waals surface area contributed by atoms with E-state index in [0.717, 1.165) is 27.8 Å². The van der Waals surface area contributed by atoms with Crippen LogP contribution in [0.3, 0.4) is 0 Å². The lowest BCUT2D eigenvalue weighted by Crippen LogP contribution is -2.22. The number of carbonyl (C=O) groups excluding carboxylic acids is 1. The molecule has 10 nitrogen and oxygen atoms in total. The van der Waals surface area contributed by atoms with Gasteiger partial charge >= 0.3 is 0 Å². The number of carbonyl (C=O) groups is 1. The Kier molecular flexibility index (Phi) is 5.41. The summed E-state index contributed by atoms with van der Waals surface area (Å²) in [6, 6.07) is 7.47. The summed E-state index contributed by atoms with van der Waals surface area (Å²) in [7, 11) is 0. The molecule has 1 saturated heterocycles. The molecule has 0 radical (unpaired) electrons. The monoisotopic (exact) mass is 447 g/mol. The Morgan fingerprint density at radius 3 is 2.79 bits per heavy atom. The van der Waals surface area contributed by atoms with Crippen LogP contribution < -0.4 is 5.32 Å². The van der Waals surface area contributed by atoms with Crippen molar-refractivity contribution in [1.82, 2.24) is 29.6 Å². The van der Waals surface area contributed by atoms with E-state index >= 15 is 0 Å². The van der Waals surface area contributed by atoms with Crippen molar-refractivity contribution < 1.29 is 15.0 Å². The van der Waals surface area contributed by atoms with Crippen molar-refractivity contribution in [2.45, 2.75) is 32.6 Å². The Labute approximate surface area is 189 Å². The third-order valence-electron chi connectivity index (χ3n) is 5.92. The highest BCUT2D eigenvalue weighted by Crippen LogP contribution is 2.24. The minimum atomic E-state index is -0.715. The van der Waals surface area contributed by atoms with Gasteiger partial charge in [0.25, 0.3) is 0 Å². The van der Waals surface area contributed by atoms with Gasteiger partial charge in [-0.15, -0.1) is 0 Å². The first-order chi connectivity index (χ1) is 15.9. The number of aromatic nitrogens is 5. The average Bonchev–Trinajstić information content (AvgIpc) is 3.46. The molecule has 0 aliphatic carbocycles. The Bertz CT molecular complexity index is 1320. The van der Waals surface area contributed by atoms with Crippen LogP contribution in [0.4, 0.5) is 11.6 Å². The van der Waals surface area contributed by atoms with Crippen LogP contribution >= 0.6 is 0 Å². The number of likely N-dealkylation sites (tertiary alicyclic amines) is 1. The molecule has 4 aromatic rings. The summed E-state index contributed by atoms with van der Waals surface area (Å²) >= 11 is 0. The molecule has 4 N–H and O–H groups in total. The SMILES string of the molecule is CC(=O)c1c[nH]c2ccc(Nc3nccc(-n4cc(CN5C[C@H](O)[C@@H](O)C5)c(C)n4)n3)cc12. The van der Waals surface area contributed by atoms with Gasteiger partial charge in [0.15, 0.2) is 11.6 Å². The number of aryl methyl sites for hydroxylation is 1. The van der Waals surface area contributed by atoms with E-state index in [1.165, 1.54) is 0 Å². The van der Waals surface area contributed by atoms with Gasteiger partial charge in [0.2, 0.25) is 5.95 Å². The summed E-state index contributed by atoms with van der Waals surface area (Å²) < 4.78 is 1.70. The van der Waals surface area contributed by atoms with Crippen molar-refractivity contribution in [1.29, 1.82) is 0 Å². The van der Waals surface area contributed by atoms with Gasteiger partial charge in [0, 0.05) is 72.0 Å². The number of aliphatic hydroxyl groups excluding tert-OH is 2. The van der Waals surface area contributed by atoms with E-state index in [1.54, 1.807) is 30.1 Å². The van der Waals surface area contributed by atoms with Crippen LogP contribution in [0.15, 0.2) is 42.9 Å². The van der Waals surface area contributed by atoms with Gasteiger partial charge in [0.1, 0.15) is 0 Å². The maximum atomic E-state index is 11.9. The fourth-order valence-corrected chi connectivity index (χ4v) is 4.14. The molecular weight excluding hydrogens is 422 g/mol. The molecule has 0 bridgehead atoms. The van der Waals surface area contributed by atoms with Crippen LogP contribution in [-0.4, -0.2) is 70.9 Å². The summed E-state index contributed by atoms with van der Waals surface area (Å²) in [6.45, 7) is 4.93. The Balaban J connectivity index is 1.36. The first-order valence-corrected chi connectivity index (χ1v) is 10.7. The molecule has 5 rings (SSSR count). The smallest absolute Gasteiger partial charge is 0.229 e. The molecule has 0 unspecified atom stereocenters. The number of rotatable bonds is 6. The quantitative estimate of drug-likeness (QED) is 0.330. The first-order valence-electron chi connectivity index (χ1n) is 10.7. The third-order valence-corrected chi connectivity index (χ3v) is 5.92. The van der Waals surface area contributed by atoms with E-state index in [2.05, 4.69) is 25.4 Å². The molecule has 4 heterocycles. The van der Waals surface area contributed by atoms with Gasteiger partial charge in [-0.3, -0.25) is 9.69 Å². The average molecular weight is 447 g/mol.